The number of aromatic nitrogens is 3. The van der Waals surface area contributed by atoms with E-state index in [2.05, 4.69) is 20.5 Å². The Morgan fingerprint density at radius 2 is 2.19 bits per heavy atom. The van der Waals surface area contributed by atoms with Crippen LogP contribution in [0.1, 0.15) is 55.4 Å². The maximum atomic E-state index is 12.2. The molecule has 0 aromatic carbocycles. The summed E-state index contributed by atoms with van der Waals surface area (Å²) in [4.78, 5) is 26.4. The summed E-state index contributed by atoms with van der Waals surface area (Å²) in [7, 11) is 0. The lowest BCUT2D eigenvalue weighted by Crippen LogP contribution is -2.47. The zero-order valence-electron chi connectivity index (χ0n) is 15.4. The fourth-order valence-corrected chi connectivity index (χ4v) is 3.23. The normalized spacial score (nSPS) is 17.5. The number of hydrogen-bond acceptors (Lipinski definition) is 6. The van der Waals surface area contributed by atoms with Gasteiger partial charge in [0, 0.05) is 31.3 Å². The van der Waals surface area contributed by atoms with Crippen LogP contribution in [0.4, 0.5) is 5.82 Å². The molecule has 1 saturated heterocycles. The van der Waals surface area contributed by atoms with Gasteiger partial charge in [0.05, 0.1) is 6.04 Å². The lowest BCUT2D eigenvalue weighted by atomic mass is 10.0. The van der Waals surface area contributed by atoms with Crippen LogP contribution in [0, 0.1) is 6.92 Å². The van der Waals surface area contributed by atoms with E-state index in [0.717, 1.165) is 31.6 Å². The SMILES string of the molecule is Cc1cc(C(=O)NCC2CCCCN2c2ccc(=O)n(C(C)C)n2)no1. The van der Waals surface area contributed by atoms with E-state index in [1.165, 1.54) is 4.68 Å². The molecule has 1 N–H and O–H groups in total. The lowest BCUT2D eigenvalue weighted by Gasteiger charge is -2.36. The molecule has 1 atom stereocenters. The Hall–Kier alpha value is -2.64. The molecule has 3 heterocycles. The van der Waals surface area contributed by atoms with E-state index in [9.17, 15) is 9.59 Å². The number of aryl methyl sites for hydroxylation is 1. The highest BCUT2D eigenvalue weighted by molar-refractivity contribution is 5.92. The molecule has 8 nitrogen and oxygen atoms in total. The summed E-state index contributed by atoms with van der Waals surface area (Å²) in [5.41, 5.74) is 0.184. The molecule has 8 heteroatoms. The third-order valence-corrected chi connectivity index (χ3v) is 4.58. The second-order valence-corrected chi connectivity index (χ2v) is 6.94. The third kappa shape index (κ3) is 3.95. The number of nitrogens with zero attached hydrogens (tertiary/aromatic N) is 4. The van der Waals surface area contributed by atoms with Crippen molar-refractivity contribution < 1.29 is 9.32 Å². The Morgan fingerprint density at radius 1 is 1.38 bits per heavy atom. The Balaban J connectivity index is 1.73. The largest absolute Gasteiger partial charge is 0.361 e. The first-order valence-electron chi connectivity index (χ1n) is 9.03. The van der Waals surface area contributed by atoms with E-state index in [1.54, 1.807) is 25.1 Å². The zero-order chi connectivity index (χ0) is 18.7. The first kappa shape index (κ1) is 18.2. The van der Waals surface area contributed by atoms with Crippen molar-refractivity contribution in [2.24, 2.45) is 0 Å². The summed E-state index contributed by atoms with van der Waals surface area (Å²) in [6, 6.07) is 5.08. The van der Waals surface area contributed by atoms with Crippen molar-refractivity contribution in [2.45, 2.75) is 52.1 Å². The van der Waals surface area contributed by atoms with Gasteiger partial charge in [-0.2, -0.15) is 5.10 Å². The number of nitrogens with one attached hydrogen (secondary N) is 1. The first-order valence-corrected chi connectivity index (χ1v) is 9.03. The van der Waals surface area contributed by atoms with Crippen molar-refractivity contribution in [1.29, 1.82) is 0 Å². The number of carbonyl (C=O) groups excluding carboxylic acids is 1. The predicted octanol–water partition coefficient (Wildman–Crippen LogP) is 1.91. The van der Waals surface area contributed by atoms with E-state index in [1.807, 2.05) is 13.8 Å². The molecule has 0 saturated carbocycles. The number of anilines is 1. The van der Waals surface area contributed by atoms with Gasteiger partial charge in [0.1, 0.15) is 11.6 Å². The van der Waals surface area contributed by atoms with Crippen molar-refractivity contribution in [3.05, 3.63) is 40.0 Å². The van der Waals surface area contributed by atoms with Gasteiger partial charge in [-0.05, 0) is 46.1 Å². The van der Waals surface area contributed by atoms with Crippen molar-refractivity contribution in [3.8, 4) is 0 Å². The Morgan fingerprint density at radius 3 is 2.88 bits per heavy atom. The van der Waals surface area contributed by atoms with E-state index < -0.39 is 0 Å². The van der Waals surface area contributed by atoms with Gasteiger partial charge in [-0.3, -0.25) is 9.59 Å². The monoisotopic (exact) mass is 359 g/mol. The molecule has 2 aromatic rings. The topological polar surface area (TPSA) is 93.3 Å². The second kappa shape index (κ2) is 7.72. The molecular formula is C18H25N5O3. The fourth-order valence-electron chi connectivity index (χ4n) is 3.23. The van der Waals surface area contributed by atoms with Gasteiger partial charge in [-0.25, -0.2) is 4.68 Å². The van der Waals surface area contributed by atoms with Crippen LogP contribution in [0.25, 0.3) is 0 Å². The summed E-state index contributed by atoms with van der Waals surface area (Å²) in [5, 5.41) is 11.2. The summed E-state index contributed by atoms with van der Waals surface area (Å²) in [6.45, 7) is 6.97. The molecule has 0 aliphatic carbocycles. The molecule has 26 heavy (non-hydrogen) atoms. The molecular weight excluding hydrogens is 334 g/mol. The highest BCUT2D eigenvalue weighted by atomic mass is 16.5. The van der Waals surface area contributed by atoms with E-state index in [-0.39, 0.29) is 29.2 Å². The Kier molecular flexibility index (Phi) is 5.39. The highest BCUT2D eigenvalue weighted by Gasteiger charge is 2.25. The number of rotatable bonds is 5. The summed E-state index contributed by atoms with van der Waals surface area (Å²) >= 11 is 0. The standard InChI is InChI=1S/C18H25N5O3/c1-12(2)23-17(24)8-7-16(20-23)22-9-5-4-6-14(22)11-19-18(25)15-10-13(3)26-21-15/h7-8,10,12,14H,4-6,9,11H2,1-3H3,(H,19,25). The quantitative estimate of drug-likeness (QED) is 0.876. The molecule has 1 aliphatic heterocycles. The molecule has 1 fully saturated rings. The van der Waals surface area contributed by atoms with Crippen molar-refractivity contribution in [2.75, 3.05) is 18.0 Å². The maximum Gasteiger partial charge on any atom is 0.273 e. The molecule has 2 aromatic heterocycles. The molecule has 1 aliphatic rings. The van der Waals surface area contributed by atoms with Crippen LogP contribution >= 0.6 is 0 Å². The lowest BCUT2D eigenvalue weighted by molar-refractivity contribution is 0.0940. The third-order valence-electron chi connectivity index (χ3n) is 4.58. The molecule has 0 radical (unpaired) electrons. The van der Waals surface area contributed by atoms with Crippen LogP contribution in [-0.4, -0.2) is 40.0 Å². The van der Waals surface area contributed by atoms with Gasteiger partial charge in [0.25, 0.3) is 11.5 Å². The minimum Gasteiger partial charge on any atom is -0.361 e. The summed E-state index contributed by atoms with van der Waals surface area (Å²) < 4.78 is 6.45. The smallest absolute Gasteiger partial charge is 0.273 e. The van der Waals surface area contributed by atoms with Gasteiger partial charge in [0.2, 0.25) is 0 Å². The minimum absolute atomic E-state index is 0.000739. The van der Waals surface area contributed by atoms with E-state index in [0.29, 0.717) is 12.3 Å². The average molecular weight is 359 g/mol. The average Bonchev–Trinajstić information content (AvgIpc) is 3.07. The molecule has 3 rings (SSSR count). The molecule has 1 unspecified atom stereocenters. The van der Waals surface area contributed by atoms with E-state index >= 15 is 0 Å². The van der Waals surface area contributed by atoms with E-state index in [4.69, 9.17) is 4.52 Å². The van der Waals surface area contributed by atoms with Gasteiger partial charge >= 0.3 is 0 Å². The van der Waals surface area contributed by atoms with Gasteiger partial charge < -0.3 is 14.7 Å². The number of piperidine rings is 1. The van der Waals surface area contributed by atoms with Gasteiger partial charge in [0.15, 0.2) is 5.69 Å². The molecule has 0 bridgehead atoms. The van der Waals surface area contributed by atoms with Crippen LogP contribution < -0.4 is 15.8 Å². The maximum absolute atomic E-state index is 12.2. The first-order chi connectivity index (χ1) is 12.5. The molecule has 0 spiro atoms. The fraction of sp³-hybridized carbons (Fsp3) is 0.556. The van der Waals surface area contributed by atoms with Gasteiger partial charge in [-0.1, -0.05) is 5.16 Å². The molecule has 1 amide bonds. The second-order valence-electron chi connectivity index (χ2n) is 6.94. The van der Waals surface area contributed by atoms with Crippen LogP contribution in [0.2, 0.25) is 0 Å². The Bertz CT molecular complexity index is 826. The number of hydrogen-bond donors (Lipinski definition) is 1. The van der Waals surface area contributed by atoms with Crippen LogP contribution in [0.3, 0.4) is 0 Å². The van der Waals surface area contributed by atoms with Crippen LogP contribution in [0.15, 0.2) is 27.5 Å². The number of amides is 1. The van der Waals surface area contributed by atoms with Crippen molar-refractivity contribution in [3.63, 3.8) is 0 Å². The minimum atomic E-state index is -0.243. The predicted molar refractivity (Wildman–Crippen MR) is 97.4 cm³/mol. The van der Waals surface area contributed by atoms with Crippen molar-refractivity contribution in [1.82, 2.24) is 20.3 Å². The summed E-state index contributed by atoms with van der Waals surface area (Å²) in [6.07, 6.45) is 3.12. The highest BCUT2D eigenvalue weighted by Crippen LogP contribution is 2.22. The molecule has 140 valence electrons. The van der Waals surface area contributed by atoms with Crippen LogP contribution in [0.5, 0.6) is 0 Å². The van der Waals surface area contributed by atoms with Crippen molar-refractivity contribution >= 4 is 11.7 Å². The van der Waals surface area contributed by atoms with Crippen LogP contribution in [-0.2, 0) is 0 Å². The summed E-state index contributed by atoms with van der Waals surface area (Å²) in [5.74, 6) is 1.14. The number of carbonyl (C=O) groups is 1. The zero-order valence-corrected chi connectivity index (χ0v) is 15.4. The van der Waals surface area contributed by atoms with Gasteiger partial charge in [-0.15, -0.1) is 0 Å². The Labute approximate surface area is 152 Å².